The number of benzene rings is 8. The maximum Gasteiger partial charge on any atom is 3.00 e. The van der Waals surface area contributed by atoms with Crippen LogP contribution in [0.3, 0.4) is 0 Å². The molecule has 8 aromatic carbocycles. The molecule has 0 radical (unpaired) electrons. The number of para-hydroxylation sites is 6. The van der Waals surface area contributed by atoms with E-state index in [1.54, 1.807) is 20.7 Å². The number of hydrogen-bond donors (Lipinski definition) is 0. The van der Waals surface area contributed by atoms with Crippen LogP contribution in [0.4, 0.5) is 45.5 Å². The molecule has 0 saturated heterocycles. The van der Waals surface area contributed by atoms with Crippen LogP contribution in [-0.2, 0) is 58.6 Å². The average molecular weight is 2360 g/mol. The van der Waals surface area contributed by atoms with E-state index in [1.165, 1.54) is 142 Å². The number of nitrogens with zero attached hydrogens (tertiary/aromatic N) is 8. The van der Waals surface area contributed by atoms with Gasteiger partial charge in [0.2, 0.25) is 0 Å². The van der Waals surface area contributed by atoms with E-state index < -0.39 is 64.9 Å². The molecule has 5 fully saturated rings. The van der Waals surface area contributed by atoms with E-state index in [4.69, 9.17) is 15.3 Å². The van der Waals surface area contributed by atoms with Gasteiger partial charge in [-0.2, -0.15) is 74.2 Å². The predicted molar refractivity (Wildman–Crippen MR) is 624 cm³/mol. The van der Waals surface area contributed by atoms with Crippen molar-refractivity contribution >= 4 is 131 Å². The minimum absolute atomic E-state index is 0. The van der Waals surface area contributed by atoms with Crippen molar-refractivity contribution in [2.45, 2.75) is 294 Å². The molecule has 0 spiro atoms. The SMILES string of the molecule is C[N-]c1ccccc1[Si](C)(C)C1C(C)C(C)C(C)C1C.C[Si](C)(C)[N-]c1ccccc1[Si](C)(C)C1CCC([Si](C)(C)C)C1.C[Si](C)(C)[N-]c1ccccc1[Si](C)(C)C1CCC([Si](C)(C)C)C1.C[Si](C)(c1ccccc1[N-]C1CCCCC1)C1CCCC1.[CH2-]c1ccccc1N(C)C.[CH2-]c1ccccc1N(C)C.[CH2-]c1ccccc1N(C)C.[CH2-]c1ccccc1N(C)C.[CH3-].[CH3-].[CH3-].[CH3-].[La+3].[Lu+3].[Sc+3].[Y+3]. The number of hydrogen-bond acceptors (Lipinski definition) is 4. The summed E-state index contributed by atoms with van der Waals surface area (Å²) in [6, 6.07) is 69.0. The van der Waals surface area contributed by atoms with Crippen LogP contribution >= 0.6 is 0 Å². The first-order valence-corrected chi connectivity index (χ1v) is 75.0. The van der Waals surface area contributed by atoms with Crippen LogP contribution in [-0.4, -0.2) is 134 Å². The van der Waals surface area contributed by atoms with E-state index in [0.717, 1.165) is 79.2 Å². The zero-order valence-electron chi connectivity index (χ0n) is 92.8. The Morgan fingerprint density at radius 2 is 0.526 bits per heavy atom. The molecule has 135 heavy (non-hydrogen) atoms. The maximum atomic E-state index is 5.19. The molecule has 0 amide bonds. The van der Waals surface area contributed by atoms with Crippen molar-refractivity contribution in [3.05, 3.63) is 294 Å². The summed E-state index contributed by atoms with van der Waals surface area (Å²) in [7, 11) is 7.41. The fourth-order valence-electron chi connectivity index (χ4n) is 21.2. The molecule has 0 heterocycles. The number of anilines is 4. The Hall–Kier alpha value is -2.22. The molecule has 0 aromatic heterocycles. The van der Waals surface area contributed by atoms with E-state index in [1.807, 2.05) is 136 Å². The van der Waals surface area contributed by atoms with Crippen molar-refractivity contribution in [3.8, 4) is 0 Å². The smallest absolute Gasteiger partial charge is 0.687 e. The summed E-state index contributed by atoms with van der Waals surface area (Å²) in [6.07, 6.45) is 21.4. The molecule has 5 aliphatic carbocycles. The molecule has 0 N–H and O–H groups in total. The second-order valence-corrected chi connectivity index (χ2v) is 84.6. The summed E-state index contributed by atoms with van der Waals surface area (Å²) in [5, 5.41) is 16.1. The molecule has 13 rings (SSSR count). The molecule has 8 nitrogen and oxygen atoms in total. The van der Waals surface area contributed by atoms with Gasteiger partial charge in [-0.1, -0.05) is 444 Å². The Balaban J connectivity index is -0.00000150. The molecule has 0 bridgehead atoms. The first-order valence-electron chi connectivity index (χ1n) is 48.7. The largest absolute Gasteiger partial charge is 3.00 e. The third kappa shape index (κ3) is 41.7. The molecule has 5 aliphatic rings. The summed E-state index contributed by atoms with van der Waals surface area (Å²) >= 11 is 0. The maximum absolute atomic E-state index is 5.19. The van der Waals surface area contributed by atoms with Gasteiger partial charge in [-0.25, -0.2) is 0 Å². The van der Waals surface area contributed by atoms with Crippen LogP contribution in [0.1, 0.15) is 146 Å². The standard InChI is InChI=1S/2C19H36NSi3.C19H30NSi.C18H30NSi.4C9H12N.4CH3.La.Lu.Sc.Y/c2*1-21(2,3)16-13-14-17(15-16)23(7,8)19-12-10-9-11-18(19)20-22(4,5)6;1-21(2,17-12-6-7-13-17)19-15-9-8-14-18(19)20-16-10-4-3-5-11-16;1-12-13(2)15(4)18(14(12)3)20(6,7)17-11-9-8-10-16(17)19-5;4*1-8-6-4-5-7-9(8)10(2)3;;;;;;;;/h2*9-12,16-17H,13-15H2,1-8H3;8-9,14-17H,3-7,10-13H2,1-2H3;8-15,18H,1-7H3;4*4-7H,1H2,2-3H3;4*1H3;;;;/q12*-1;4*+3. The second-order valence-electron chi connectivity index (χ2n) is 45.3. The molecule has 20 heteroatoms. The summed E-state index contributed by atoms with van der Waals surface area (Å²) in [4.78, 5) is 18.6. The van der Waals surface area contributed by atoms with Gasteiger partial charge in [0.1, 0.15) is 0 Å². The summed E-state index contributed by atoms with van der Waals surface area (Å²) in [5.41, 5.74) is 20.0. The molecule has 748 valence electrons. The fourth-order valence-corrected chi connectivity index (χ4v) is 43.5. The van der Waals surface area contributed by atoms with Crippen LogP contribution in [0.2, 0.25) is 164 Å². The first kappa shape index (κ1) is 137. The van der Waals surface area contributed by atoms with Gasteiger partial charge in [0.15, 0.2) is 0 Å². The van der Waals surface area contributed by atoms with E-state index in [0.29, 0.717) is 6.04 Å². The van der Waals surface area contributed by atoms with Crippen LogP contribution in [0.25, 0.3) is 20.6 Å². The van der Waals surface area contributed by atoms with Gasteiger partial charge in [0.25, 0.3) is 0 Å². The molecule has 5 saturated carbocycles. The summed E-state index contributed by atoms with van der Waals surface area (Å²) in [6.45, 7) is 75.5. The Morgan fingerprint density at radius 1 is 0.289 bits per heavy atom. The van der Waals surface area contributed by atoms with Gasteiger partial charge in [0, 0.05) is 16.1 Å². The van der Waals surface area contributed by atoms with E-state index in [9.17, 15) is 0 Å². The molecule has 0 aliphatic heterocycles. The Bertz CT molecular complexity index is 4270. The van der Waals surface area contributed by atoms with Crippen molar-refractivity contribution in [3.63, 3.8) is 0 Å². The second kappa shape index (κ2) is 62.6. The van der Waals surface area contributed by atoms with Gasteiger partial charge in [-0.05, 0) is 130 Å². The zero-order chi connectivity index (χ0) is 95.0. The van der Waals surface area contributed by atoms with Gasteiger partial charge in [-0.3, -0.25) is 0 Å². The Morgan fingerprint density at radius 3 is 0.785 bits per heavy atom. The zero-order valence-corrected chi connectivity index (χ0v) is 111. The molecule has 8 unspecified atom stereocenters. The van der Waals surface area contributed by atoms with Crippen LogP contribution in [0.5, 0.6) is 0 Å². The van der Waals surface area contributed by atoms with Crippen LogP contribution < -0.4 is 40.3 Å². The predicted octanol–water partition coefficient (Wildman–Crippen LogP) is 34.0. The molecule has 8 aromatic rings. The van der Waals surface area contributed by atoms with Crippen molar-refractivity contribution in [1.82, 2.24) is 0 Å². The monoisotopic (exact) mass is 2360 g/mol. The van der Waals surface area contributed by atoms with Gasteiger partial charge < -0.3 is 69.9 Å². The van der Waals surface area contributed by atoms with Crippen LogP contribution in [0, 0.1) is 154 Å². The van der Waals surface area contributed by atoms with E-state index in [-0.39, 0.29) is 161 Å². The summed E-state index contributed by atoms with van der Waals surface area (Å²) in [5.74, 6) is 3.33. The molecule has 8 atom stereocenters. The number of rotatable bonds is 21. The fraction of sp³-hybridized carbons (Fsp3) is 0.513. The van der Waals surface area contributed by atoms with Crippen molar-refractivity contribution in [2.75, 3.05) is 83.0 Å². The third-order valence-corrected chi connectivity index (χ3v) is 55.0. The van der Waals surface area contributed by atoms with Crippen molar-refractivity contribution in [2.24, 2.45) is 23.7 Å². The first-order chi connectivity index (χ1) is 59.2. The van der Waals surface area contributed by atoms with Gasteiger partial charge >= 0.3 is 131 Å². The Labute approximate surface area is 945 Å². The van der Waals surface area contributed by atoms with Gasteiger partial charge in [0.05, 0.1) is 32.3 Å². The minimum Gasteiger partial charge on any atom is -0.687 e. The summed E-state index contributed by atoms with van der Waals surface area (Å²) < 4.78 is 0. The minimum atomic E-state index is -1.52. The normalized spacial score (nSPS) is 19.1. The van der Waals surface area contributed by atoms with E-state index in [2.05, 4.69) is 333 Å². The van der Waals surface area contributed by atoms with Crippen molar-refractivity contribution < 1.29 is 131 Å². The molecular weight excluding hydrogens is 2170 g/mol. The quantitative estimate of drug-likeness (QED) is 0.0531. The van der Waals surface area contributed by atoms with E-state index >= 15 is 0 Å². The average Bonchev–Trinajstić information content (AvgIpc) is 1.60. The Kier molecular flexibility index (Phi) is 63.5. The van der Waals surface area contributed by atoms with Crippen molar-refractivity contribution in [1.29, 1.82) is 0 Å². The molecular formula is C115H192LaLuN8ScSi8Y. The van der Waals surface area contributed by atoms with Crippen LogP contribution in [0.15, 0.2) is 194 Å². The third-order valence-electron chi connectivity index (χ3n) is 29.5. The topological polar surface area (TPSA) is 69.4 Å². The van der Waals surface area contributed by atoms with Gasteiger partial charge in [-0.15, -0.1) is 60.1 Å².